The van der Waals surface area contributed by atoms with Crippen molar-refractivity contribution in [3.63, 3.8) is 0 Å². The zero-order valence-corrected chi connectivity index (χ0v) is 10.2. The van der Waals surface area contributed by atoms with Gasteiger partial charge in [-0.05, 0) is 24.9 Å². The van der Waals surface area contributed by atoms with E-state index in [4.69, 9.17) is 4.74 Å². The fraction of sp³-hybridized carbons (Fsp3) is 0.556. The summed E-state index contributed by atoms with van der Waals surface area (Å²) in [5.41, 5.74) is 1.01. The standard InChI is InChI=1S/C9H14NO2S2/c1-4-12-8(11)5-7-6-14-9(13-3)10(7)2/h6H,4-5H2,1-3H3/q+1. The molecule has 1 aromatic rings. The van der Waals surface area contributed by atoms with Gasteiger partial charge in [-0.2, -0.15) is 4.57 Å². The molecule has 0 aliphatic carbocycles. The number of carbonyl (C=O) groups excluding carboxylic acids is 1. The second kappa shape index (κ2) is 5.36. The van der Waals surface area contributed by atoms with E-state index in [0.717, 1.165) is 5.69 Å². The number of nitrogens with zero attached hydrogens (tertiary/aromatic N) is 1. The molecule has 0 bridgehead atoms. The van der Waals surface area contributed by atoms with Crippen molar-refractivity contribution >= 4 is 29.1 Å². The van der Waals surface area contributed by atoms with Gasteiger partial charge in [-0.1, -0.05) is 11.3 Å². The first-order valence-electron chi connectivity index (χ1n) is 4.35. The maximum absolute atomic E-state index is 11.2. The van der Waals surface area contributed by atoms with Gasteiger partial charge in [0.1, 0.15) is 13.5 Å². The number of thioether (sulfide) groups is 1. The lowest BCUT2D eigenvalue weighted by Gasteiger charge is -1.97. The first kappa shape index (κ1) is 11.5. The molecular weight excluding hydrogens is 218 g/mol. The van der Waals surface area contributed by atoms with Gasteiger partial charge in [-0.15, -0.1) is 0 Å². The number of ether oxygens (including phenoxy) is 1. The highest BCUT2D eigenvalue weighted by Crippen LogP contribution is 2.17. The van der Waals surface area contributed by atoms with Crippen molar-refractivity contribution in [2.45, 2.75) is 17.7 Å². The Hall–Kier alpha value is -0.550. The van der Waals surface area contributed by atoms with Crippen LogP contribution in [0, 0.1) is 0 Å². The summed E-state index contributed by atoms with van der Waals surface area (Å²) >= 11 is 3.34. The monoisotopic (exact) mass is 232 g/mol. The molecule has 0 aromatic carbocycles. The predicted molar refractivity (Wildman–Crippen MR) is 57.6 cm³/mol. The fourth-order valence-electron chi connectivity index (χ4n) is 1.10. The van der Waals surface area contributed by atoms with Gasteiger partial charge >= 0.3 is 5.97 Å². The van der Waals surface area contributed by atoms with Gasteiger partial charge in [0.25, 0.3) is 4.34 Å². The SMILES string of the molecule is CCOC(=O)Cc1csc(SC)[n+]1C. The summed E-state index contributed by atoms with van der Waals surface area (Å²) in [7, 11) is 1.97. The van der Waals surface area contributed by atoms with Gasteiger partial charge < -0.3 is 4.74 Å². The Kier molecular flexibility index (Phi) is 4.41. The van der Waals surface area contributed by atoms with Crippen LogP contribution < -0.4 is 4.57 Å². The number of hydrogen-bond acceptors (Lipinski definition) is 4. The quantitative estimate of drug-likeness (QED) is 0.446. The third-order valence-corrected chi connectivity index (χ3v) is 4.08. The van der Waals surface area contributed by atoms with E-state index >= 15 is 0 Å². The Labute approximate surface area is 92.1 Å². The number of hydrogen-bond donors (Lipinski definition) is 0. The van der Waals surface area contributed by atoms with E-state index in [2.05, 4.69) is 0 Å². The Morgan fingerprint density at radius 3 is 2.93 bits per heavy atom. The molecule has 0 fully saturated rings. The molecule has 0 aliphatic heterocycles. The van der Waals surface area contributed by atoms with Gasteiger partial charge in [0.2, 0.25) is 5.69 Å². The largest absolute Gasteiger partial charge is 0.466 e. The first-order valence-corrected chi connectivity index (χ1v) is 6.45. The fourth-order valence-corrected chi connectivity index (χ4v) is 2.77. The molecule has 0 aliphatic rings. The average Bonchev–Trinajstić information content (AvgIpc) is 2.48. The number of aromatic nitrogens is 1. The van der Waals surface area contributed by atoms with E-state index in [9.17, 15) is 4.79 Å². The normalized spacial score (nSPS) is 10.2. The molecule has 3 nitrogen and oxygen atoms in total. The molecule has 0 amide bonds. The van der Waals surface area contributed by atoms with Crippen LogP contribution in [0.4, 0.5) is 0 Å². The van der Waals surface area contributed by atoms with Crippen molar-refractivity contribution in [3.05, 3.63) is 11.1 Å². The van der Waals surface area contributed by atoms with Crippen molar-refractivity contribution < 1.29 is 14.1 Å². The van der Waals surface area contributed by atoms with Gasteiger partial charge in [0, 0.05) is 0 Å². The van der Waals surface area contributed by atoms with Crippen molar-refractivity contribution in [2.75, 3.05) is 12.9 Å². The van der Waals surface area contributed by atoms with Crippen LogP contribution in [-0.4, -0.2) is 18.8 Å². The van der Waals surface area contributed by atoms with Gasteiger partial charge in [-0.3, -0.25) is 4.79 Å². The zero-order chi connectivity index (χ0) is 10.6. The van der Waals surface area contributed by atoms with Crippen LogP contribution in [0.3, 0.4) is 0 Å². The molecule has 1 heterocycles. The van der Waals surface area contributed by atoms with Crippen molar-refractivity contribution in [1.29, 1.82) is 0 Å². The molecule has 0 atom stereocenters. The van der Waals surface area contributed by atoms with Gasteiger partial charge in [-0.25, -0.2) is 0 Å². The first-order chi connectivity index (χ1) is 6.69. The third kappa shape index (κ3) is 2.72. The number of thiazole rings is 1. The minimum absolute atomic E-state index is 0.159. The molecule has 0 saturated carbocycles. The highest BCUT2D eigenvalue weighted by molar-refractivity contribution is 8.00. The molecule has 0 unspecified atom stereocenters. The second-order valence-electron chi connectivity index (χ2n) is 2.74. The molecule has 78 valence electrons. The maximum atomic E-state index is 11.2. The van der Waals surface area contributed by atoms with Gasteiger partial charge in [0.15, 0.2) is 0 Å². The van der Waals surface area contributed by atoms with Crippen LogP contribution in [0.15, 0.2) is 9.72 Å². The van der Waals surface area contributed by atoms with E-state index in [1.807, 2.05) is 30.2 Å². The van der Waals surface area contributed by atoms with E-state index in [0.29, 0.717) is 13.0 Å². The number of carbonyl (C=O) groups is 1. The number of esters is 1. The molecule has 0 radical (unpaired) electrons. The third-order valence-electron chi connectivity index (χ3n) is 1.81. The minimum atomic E-state index is -0.159. The highest BCUT2D eigenvalue weighted by Gasteiger charge is 2.18. The summed E-state index contributed by atoms with van der Waals surface area (Å²) in [6.45, 7) is 2.26. The summed E-state index contributed by atoms with van der Waals surface area (Å²) in [4.78, 5) is 11.2. The van der Waals surface area contributed by atoms with Crippen LogP contribution in [-0.2, 0) is 23.0 Å². The van der Waals surface area contributed by atoms with Crippen LogP contribution in [0.25, 0.3) is 0 Å². The molecule has 14 heavy (non-hydrogen) atoms. The smallest absolute Gasteiger partial charge is 0.316 e. The summed E-state index contributed by atoms with van der Waals surface area (Å²) in [6, 6.07) is 0. The molecule has 0 saturated heterocycles. The molecular formula is C9H14NO2S2+. The van der Waals surface area contributed by atoms with E-state index in [1.54, 1.807) is 23.1 Å². The van der Waals surface area contributed by atoms with Crippen LogP contribution in [0.2, 0.25) is 0 Å². The van der Waals surface area contributed by atoms with E-state index in [-0.39, 0.29) is 5.97 Å². The van der Waals surface area contributed by atoms with Crippen LogP contribution >= 0.6 is 23.1 Å². The van der Waals surface area contributed by atoms with Crippen molar-refractivity contribution in [3.8, 4) is 0 Å². The topological polar surface area (TPSA) is 30.2 Å². The number of rotatable bonds is 4. The molecule has 0 N–H and O–H groups in total. The van der Waals surface area contributed by atoms with Crippen molar-refractivity contribution in [2.24, 2.45) is 7.05 Å². The average molecular weight is 232 g/mol. The van der Waals surface area contributed by atoms with E-state index in [1.165, 1.54) is 4.34 Å². The Bertz CT molecular complexity index is 323. The van der Waals surface area contributed by atoms with E-state index < -0.39 is 0 Å². The summed E-state index contributed by atoms with van der Waals surface area (Å²) in [5.74, 6) is -0.159. The summed E-state index contributed by atoms with van der Waals surface area (Å²) in [5, 5.41) is 2.00. The highest BCUT2D eigenvalue weighted by atomic mass is 32.2. The summed E-state index contributed by atoms with van der Waals surface area (Å²) < 4.78 is 8.12. The maximum Gasteiger partial charge on any atom is 0.316 e. The lowest BCUT2D eigenvalue weighted by atomic mass is 10.3. The van der Waals surface area contributed by atoms with Crippen LogP contribution in [0.5, 0.6) is 0 Å². The minimum Gasteiger partial charge on any atom is -0.466 e. The van der Waals surface area contributed by atoms with Gasteiger partial charge in [0.05, 0.1) is 12.0 Å². The zero-order valence-electron chi connectivity index (χ0n) is 8.57. The Balaban J connectivity index is 2.67. The second-order valence-corrected chi connectivity index (χ2v) is 4.65. The Morgan fingerprint density at radius 1 is 1.71 bits per heavy atom. The van der Waals surface area contributed by atoms with Crippen molar-refractivity contribution in [1.82, 2.24) is 0 Å². The lowest BCUT2D eigenvalue weighted by molar-refractivity contribution is -0.708. The molecule has 5 heteroatoms. The lowest BCUT2D eigenvalue weighted by Crippen LogP contribution is -2.34. The summed E-state index contributed by atoms with van der Waals surface area (Å²) in [6.07, 6.45) is 2.39. The van der Waals surface area contributed by atoms with Crippen LogP contribution in [0.1, 0.15) is 12.6 Å². The molecule has 0 spiro atoms. The molecule has 1 aromatic heterocycles. The predicted octanol–water partition coefficient (Wildman–Crippen LogP) is 1.40. The Morgan fingerprint density at radius 2 is 2.43 bits per heavy atom. The molecule has 1 rings (SSSR count).